The normalized spacial score (nSPS) is 14.0. The van der Waals surface area contributed by atoms with E-state index in [2.05, 4.69) is 10.6 Å². The maximum absolute atomic E-state index is 13.8. The van der Waals surface area contributed by atoms with Crippen LogP contribution in [0.25, 0.3) is 6.08 Å². The van der Waals surface area contributed by atoms with Crippen molar-refractivity contribution in [2.45, 2.75) is 20.5 Å². The molecule has 190 valence electrons. The first kappa shape index (κ1) is 25.4. The average molecular weight is 504 g/mol. The molecule has 2 N–H and O–H groups in total. The van der Waals surface area contributed by atoms with Crippen molar-refractivity contribution in [3.8, 4) is 11.5 Å². The number of halogens is 1. The fourth-order valence-corrected chi connectivity index (χ4v) is 3.74. The summed E-state index contributed by atoms with van der Waals surface area (Å²) in [6.07, 6.45) is 1.49. The highest BCUT2D eigenvalue weighted by atomic mass is 19.1. The van der Waals surface area contributed by atoms with Gasteiger partial charge in [0.15, 0.2) is 11.5 Å². The number of nitrogens with zero attached hydrogens (tertiary/aromatic N) is 1. The lowest BCUT2D eigenvalue weighted by Gasteiger charge is -2.13. The second-order valence-electron chi connectivity index (χ2n) is 8.32. The molecule has 1 aliphatic rings. The predicted octanol–water partition coefficient (Wildman–Crippen LogP) is 4.64. The minimum absolute atomic E-state index is 0.000399. The van der Waals surface area contributed by atoms with Crippen molar-refractivity contribution in [2.24, 2.45) is 0 Å². The molecule has 1 fully saturated rings. The zero-order valence-electron chi connectivity index (χ0n) is 20.4. The molecule has 1 aliphatic heterocycles. The molecular formula is C28H26FN3O5. The van der Waals surface area contributed by atoms with Gasteiger partial charge in [0.2, 0.25) is 5.91 Å². The van der Waals surface area contributed by atoms with Crippen molar-refractivity contribution >= 4 is 29.6 Å². The number of carbonyl (C=O) groups excluding carboxylic acids is 3. The fraction of sp³-hybridized carbons (Fsp3) is 0.179. The molecule has 0 radical (unpaired) electrons. The minimum Gasteiger partial charge on any atom is -0.490 e. The molecule has 8 nitrogen and oxygen atoms in total. The number of benzene rings is 3. The third kappa shape index (κ3) is 6.32. The number of hydrogen-bond acceptors (Lipinski definition) is 5. The second kappa shape index (κ2) is 11.4. The summed E-state index contributed by atoms with van der Waals surface area (Å²) < 4.78 is 25.5. The van der Waals surface area contributed by atoms with Crippen LogP contribution in [0.1, 0.15) is 23.6 Å². The van der Waals surface area contributed by atoms with Gasteiger partial charge < -0.3 is 20.1 Å². The quantitative estimate of drug-likeness (QED) is 0.328. The highest BCUT2D eigenvalue weighted by molar-refractivity contribution is 6.16. The van der Waals surface area contributed by atoms with E-state index in [0.717, 1.165) is 16.0 Å². The first-order valence-corrected chi connectivity index (χ1v) is 11.7. The van der Waals surface area contributed by atoms with Gasteiger partial charge in [0.25, 0.3) is 5.91 Å². The molecule has 0 bridgehead atoms. The molecule has 0 unspecified atom stereocenters. The van der Waals surface area contributed by atoms with Crippen LogP contribution in [0.4, 0.5) is 14.9 Å². The van der Waals surface area contributed by atoms with Gasteiger partial charge in [0.05, 0.1) is 12.3 Å². The molecule has 1 heterocycles. The molecule has 0 aliphatic carbocycles. The van der Waals surface area contributed by atoms with Gasteiger partial charge in [0, 0.05) is 0 Å². The summed E-state index contributed by atoms with van der Waals surface area (Å²) in [7, 11) is 0. The molecule has 1 saturated heterocycles. The van der Waals surface area contributed by atoms with Gasteiger partial charge in [-0.25, -0.2) is 14.1 Å². The Balaban J connectivity index is 1.45. The molecule has 3 aromatic rings. The lowest BCUT2D eigenvalue weighted by molar-refractivity contribution is -0.127. The number of para-hydroxylation sites is 1. The molecule has 0 spiro atoms. The number of carbonyl (C=O) groups is 3. The van der Waals surface area contributed by atoms with E-state index in [4.69, 9.17) is 9.47 Å². The Hall–Kier alpha value is -4.66. The van der Waals surface area contributed by atoms with Crippen molar-refractivity contribution in [3.05, 3.63) is 94.9 Å². The van der Waals surface area contributed by atoms with Crippen LogP contribution in [-0.2, 0) is 16.2 Å². The van der Waals surface area contributed by atoms with Crippen LogP contribution in [0, 0.1) is 12.7 Å². The zero-order chi connectivity index (χ0) is 26.4. The van der Waals surface area contributed by atoms with E-state index in [0.29, 0.717) is 30.3 Å². The van der Waals surface area contributed by atoms with E-state index < -0.39 is 30.2 Å². The minimum atomic E-state index is -0.747. The number of ether oxygens (including phenoxy) is 2. The van der Waals surface area contributed by atoms with E-state index in [-0.39, 0.29) is 11.4 Å². The Kier molecular flexibility index (Phi) is 7.83. The summed E-state index contributed by atoms with van der Waals surface area (Å²) in [5.41, 5.74) is 2.71. The van der Waals surface area contributed by atoms with E-state index in [1.165, 1.54) is 24.3 Å². The predicted molar refractivity (Wildman–Crippen MR) is 136 cm³/mol. The maximum atomic E-state index is 13.8. The smallest absolute Gasteiger partial charge is 0.329 e. The van der Waals surface area contributed by atoms with Crippen LogP contribution < -0.4 is 20.1 Å². The Morgan fingerprint density at radius 2 is 1.84 bits per heavy atom. The highest BCUT2D eigenvalue weighted by Crippen LogP contribution is 2.30. The Labute approximate surface area is 213 Å². The van der Waals surface area contributed by atoms with Crippen molar-refractivity contribution in [2.75, 3.05) is 18.5 Å². The number of anilines is 1. The molecule has 3 aromatic carbocycles. The summed E-state index contributed by atoms with van der Waals surface area (Å²) >= 11 is 0. The third-order valence-corrected chi connectivity index (χ3v) is 5.47. The lowest BCUT2D eigenvalue weighted by Crippen LogP contribution is -2.38. The first-order valence-electron chi connectivity index (χ1n) is 11.7. The van der Waals surface area contributed by atoms with Gasteiger partial charge in [0.1, 0.15) is 24.7 Å². The molecule has 4 rings (SSSR count). The van der Waals surface area contributed by atoms with Gasteiger partial charge in [-0.1, -0.05) is 48.0 Å². The van der Waals surface area contributed by atoms with Crippen molar-refractivity contribution < 1.29 is 28.2 Å². The number of imide groups is 1. The number of aryl methyl sites for hydroxylation is 1. The summed E-state index contributed by atoms with van der Waals surface area (Å²) in [5.74, 6) is -0.971. The standard InChI is InChI=1S/C28H26FN3O5/c1-3-36-25-15-19(11-12-24(25)37-17-20-8-6-7-18(2)13-20)14-23-27(34)32(28(35)31-23)16-26(33)30-22-10-5-4-9-21(22)29/h4-15H,3,16-17H2,1-2H3,(H,30,33)(H,31,35)/b23-14+. The summed E-state index contributed by atoms with van der Waals surface area (Å²) in [4.78, 5) is 38.2. The van der Waals surface area contributed by atoms with E-state index in [9.17, 15) is 18.8 Å². The van der Waals surface area contributed by atoms with Crippen LogP contribution >= 0.6 is 0 Å². The Bertz CT molecular complexity index is 1370. The van der Waals surface area contributed by atoms with E-state index in [1.54, 1.807) is 24.3 Å². The Morgan fingerprint density at radius 3 is 2.59 bits per heavy atom. The van der Waals surface area contributed by atoms with Crippen LogP contribution in [0.3, 0.4) is 0 Å². The SMILES string of the molecule is CCOc1cc(/C=C2/NC(=O)N(CC(=O)Nc3ccccc3F)C2=O)ccc1OCc1cccc(C)c1. The monoisotopic (exact) mass is 503 g/mol. The topological polar surface area (TPSA) is 97.0 Å². The van der Waals surface area contributed by atoms with Crippen LogP contribution in [0.5, 0.6) is 11.5 Å². The molecule has 0 aromatic heterocycles. The molecule has 0 atom stereocenters. The fourth-order valence-electron chi connectivity index (χ4n) is 3.74. The maximum Gasteiger partial charge on any atom is 0.329 e. The third-order valence-electron chi connectivity index (χ3n) is 5.47. The van der Waals surface area contributed by atoms with Gasteiger partial charge in [-0.3, -0.25) is 9.59 Å². The second-order valence-corrected chi connectivity index (χ2v) is 8.32. The van der Waals surface area contributed by atoms with Crippen LogP contribution in [0.15, 0.2) is 72.4 Å². The average Bonchev–Trinajstić information content (AvgIpc) is 3.12. The highest BCUT2D eigenvalue weighted by Gasteiger charge is 2.35. The number of rotatable bonds is 9. The Morgan fingerprint density at radius 1 is 1.03 bits per heavy atom. The van der Waals surface area contributed by atoms with Gasteiger partial charge in [-0.05, 0) is 55.3 Å². The molecule has 9 heteroatoms. The van der Waals surface area contributed by atoms with Gasteiger partial charge in [-0.15, -0.1) is 0 Å². The van der Waals surface area contributed by atoms with E-state index in [1.807, 2.05) is 38.1 Å². The summed E-state index contributed by atoms with van der Waals surface area (Å²) in [5, 5.41) is 4.83. The number of urea groups is 1. The van der Waals surface area contributed by atoms with Crippen molar-refractivity contribution in [1.29, 1.82) is 0 Å². The number of hydrogen-bond donors (Lipinski definition) is 2. The largest absolute Gasteiger partial charge is 0.490 e. The lowest BCUT2D eigenvalue weighted by atomic mass is 10.1. The first-order chi connectivity index (χ1) is 17.8. The zero-order valence-corrected chi connectivity index (χ0v) is 20.4. The molecule has 37 heavy (non-hydrogen) atoms. The van der Waals surface area contributed by atoms with Crippen LogP contribution in [-0.4, -0.2) is 35.9 Å². The number of amides is 4. The summed E-state index contributed by atoms with van der Waals surface area (Å²) in [6.45, 7) is 4.06. The molecular weight excluding hydrogens is 477 g/mol. The number of nitrogens with one attached hydrogen (secondary N) is 2. The van der Waals surface area contributed by atoms with Gasteiger partial charge in [-0.2, -0.15) is 0 Å². The van der Waals surface area contributed by atoms with E-state index >= 15 is 0 Å². The molecule has 4 amide bonds. The van der Waals surface area contributed by atoms with Crippen LogP contribution in [0.2, 0.25) is 0 Å². The molecule has 0 saturated carbocycles. The van der Waals surface area contributed by atoms with Gasteiger partial charge >= 0.3 is 6.03 Å². The summed E-state index contributed by atoms with van der Waals surface area (Å²) in [6, 6.07) is 18.0. The van der Waals surface area contributed by atoms with Crippen molar-refractivity contribution in [1.82, 2.24) is 10.2 Å². The van der Waals surface area contributed by atoms with Crippen molar-refractivity contribution in [3.63, 3.8) is 0 Å².